The van der Waals surface area contributed by atoms with Crippen molar-refractivity contribution >= 4 is 29.1 Å². The maximum atomic E-state index is 12.9. The maximum absolute atomic E-state index is 12.9. The van der Waals surface area contributed by atoms with Gasteiger partial charge in [-0.25, -0.2) is 4.90 Å². The van der Waals surface area contributed by atoms with Gasteiger partial charge in [-0.05, 0) is 37.1 Å². The van der Waals surface area contributed by atoms with E-state index in [9.17, 15) is 14.4 Å². The first-order chi connectivity index (χ1) is 13.5. The molecule has 0 radical (unpaired) electrons. The number of carbonyl (C=O) groups is 3. The molecule has 0 aromatic heterocycles. The van der Waals surface area contributed by atoms with Crippen LogP contribution in [-0.4, -0.2) is 41.4 Å². The third-order valence-electron chi connectivity index (χ3n) is 4.92. The zero-order chi connectivity index (χ0) is 19.8. The molecular formula is C20H19N5O3. The third-order valence-corrected chi connectivity index (χ3v) is 4.92. The number of aryl methyl sites for hydroxylation is 2. The average molecular weight is 377 g/mol. The number of fused-ring (bicyclic) bond motifs is 1. The number of hydrogen-bond donors (Lipinski definition) is 1. The van der Waals surface area contributed by atoms with Gasteiger partial charge in [-0.15, -0.1) is 0 Å². The maximum Gasteiger partial charge on any atom is 0.263 e. The molecule has 2 heterocycles. The Bertz CT molecular complexity index is 968. The number of nitrogens with one attached hydrogen (secondary N) is 1. The van der Waals surface area contributed by atoms with Crippen LogP contribution in [0.1, 0.15) is 11.1 Å². The van der Waals surface area contributed by atoms with Crippen LogP contribution in [0.15, 0.2) is 58.9 Å². The monoisotopic (exact) mass is 377 g/mol. The molecule has 1 saturated heterocycles. The van der Waals surface area contributed by atoms with E-state index >= 15 is 0 Å². The summed E-state index contributed by atoms with van der Waals surface area (Å²) in [4.78, 5) is 39.2. The molecule has 2 aliphatic heterocycles. The second-order valence-electron chi connectivity index (χ2n) is 6.85. The molecule has 8 nitrogen and oxygen atoms in total. The highest BCUT2D eigenvalue weighted by Gasteiger charge is 2.55. The Morgan fingerprint density at radius 3 is 2.36 bits per heavy atom. The van der Waals surface area contributed by atoms with Crippen molar-refractivity contribution in [2.75, 3.05) is 16.8 Å². The number of amides is 3. The molecule has 2 aromatic carbocycles. The molecule has 28 heavy (non-hydrogen) atoms. The lowest BCUT2D eigenvalue weighted by Crippen LogP contribution is -2.43. The first-order valence-corrected chi connectivity index (χ1v) is 8.93. The number of imide groups is 1. The molecule has 2 aromatic rings. The molecule has 2 aliphatic rings. The predicted octanol–water partition coefficient (Wildman–Crippen LogP) is 2.24. The van der Waals surface area contributed by atoms with Crippen LogP contribution >= 0.6 is 0 Å². The lowest BCUT2D eigenvalue weighted by molar-refractivity contribution is -0.123. The Balaban J connectivity index is 1.50. The molecule has 1 N–H and O–H groups in total. The minimum absolute atomic E-state index is 0.167. The number of anilines is 2. The quantitative estimate of drug-likeness (QED) is 0.827. The Morgan fingerprint density at radius 2 is 1.68 bits per heavy atom. The average Bonchev–Trinajstić information content (AvgIpc) is 3.19. The summed E-state index contributed by atoms with van der Waals surface area (Å²) in [7, 11) is 0. The highest BCUT2D eigenvalue weighted by atomic mass is 16.2. The van der Waals surface area contributed by atoms with E-state index in [1.165, 1.54) is 5.01 Å². The summed E-state index contributed by atoms with van der Waals surface area (Å²) >= 11 is 0. The van der Waals surface area contributed by atoms with Gasteiger partial charge in [0, 0.05) is 5.69 Å². The standard InChI is InChI=1S/C20H19N5O3/c1-12-7-6-8-13(2)16(12)21-15(26)11-24-18-17(22-23-24)19(27)25(20(18)28)14-9-4-3-5-10-14/h3-10,17-18H,11H2,1-2H3,(H,21,26). The van der Waals surface area contributed by atoms with Crippen LogP contribution in [0, 0.1) is 13.8 Å². The summed E-state index contributed by atoms with van der Waals surface area (Å²) in [5.41, 5.74) is 3.11. The smallest absolute Gasteiger partial charge is 0.263 e. The van der Waals surface area contributed by atoms with Gasteiger partial charge in [-0.2, -0.15) is 5.11 Å². The van der Waals surface area contributed by atoms with Crippen molar-refractivity contribution in [3.63, 3.8) is 0 Å². The van der Waals surface area contributed by atoms with E-state index in [2.05, 4.69) is 15.7 Å². The lowest BCUT2D eigenvalue weighted by atomic mass is 10.1. The topological polar surface area (TPSA) is 94.4 Å². The SMILES string of the molecule is Cc1cccc(C)c1NC(=O)CN1N=NC2C(=O)N(c3ccccc3)C(=O)C21. The minimum atomic E-state index is -0.916. The van der Waals surface area contributed by atoms with Crippen LogP contribution in [0.3, 0.4) is 0 Å². The van der Waals surface area contributed by atoms with E-state index in [1.807, 2.05) is 32.0 Å². The van der Waals surface area contributed by atoms with Gasteiger partial charge in [0.1, 0.15) is 6.54 Å². The molecule has 0 saturated carbocycles. The van der Waals surface area contributed by atoms with Crippen molar-refractivity contribution in [2.24, 2.45) is 10.3 Å². The second-order valence-corrected chi connectivity index (χ2v) is 6.85. The van der Waals surface area contributed by atoms with Crippen LogP contribution in [0.5, 0.6) is 0 Å². The van der Waals surface area contributed by atoms with Crippen LogP contribution in [0.2, 0.25) is 0 Å². The van der Waals surface area contributed by atoms with E-state index in [0.717, 1.165) is 21.7 Å². The fourth-order valence-electron chi connectivity index (χ4n) is 3.52. The molecule has 0 aliphatic carbocycles. The highest BCUT2D eigenvalue weighted by molar-refractivity contribution is 6.25. The van der Waals surface area contributed by atoms with Gasteiger partial charge in [0.05, 0.1) is 5.69 Å². The first-order valence-electron chi connectivity index (χ1n) is 8.93. The van der Waals surface area contributed by atoms with Crippen LogP contribution in [0.4, 0.5) is 11.4 Å². The van der Waals surface area contributed by atoms with E-state index < -0.39 is 23.9 Å². The van der Waals surface area contributed by atoms with E-state index in [1.54, 1.807) is 30.3 Å². The summed E-state index contributed by atoms with van der Waals surface area (Å²) in [6.07, 6.45) is 0. The number of hydrogen-bond acceptors (Lipinski definition) is 6. The number of benzene rings is 2. The molecule has 3 amide bonds. The Morgan fingerprint density at radius 1 is 1.00 bits per heavy atom. The molecule has 1 fully saturated rings. The largest absolute Gasteiger partial charge is 0.324 e. The summed E-state index contributed by atoms with van der Waals surface area (Å²) in [6.45, 7) is 3.65. The number of para-hydroxylation sites is 2. The van der Waals surface area contributed by atoms with Gasteiger partial charge in [0.15, 0.2) is 12.1 Å². The molecule has 8 heteroatoms. The molecule has 2 atom stereocenters. The van der Waals surface area contributed by atoms with E-state index in [0.29, 0.717) is 5.69 Å². The highest BCUT2D eigenvalue weighted by Crippen LogP contribution is 2.31. The van der Waals surface area contributed by atoms with Crippen molar-refractivity contribution < 1.29 is 14.4 Å². The van der Waals surface area contributed by atoms with Crippen molar-refractivity contribution in [3.8, 4) is 0 Å². The van der Waals surface area contributed by atoms with Crippen LogP contribution in [0.25, 0.3) is 0 Å². The molecule has 4 rings (SSSR count). The fraction of sp³-hybridized carbons (Fsp3) is 0.250. The van der Waals surface area contributed by atoms with Crippen LogP contribution in [-0.2, 0) is 14.4 Å². The van der Waals surface area contributed by atoms with Gasteiger partial charge in [0.2, 0.25) is 5.91 Å². The first kappa shape index (κ1) is 17.8. The van der Waals surface area contributed by atoms with E-state index in [-0.39, 0.29) is 12.5 Å². The number of carbonyl (C=O) groups excluding carboxylic acids is 3. The normalized spacial score (nSPS) is 20.6. The molecule has 2 unspecified atom stereocenters. The van der Waals surface area contributed by atoms with Crippen LogP contribution < -0.4 is 10.2 Å². The lowest BCUT2D eigenvalue weighted by Gasteiger charge is -2.20. The summed E-state index contributed by atoms with van der Waals surface area (Å²) in [5, 5.41) is 12.0. The Kier molecular flexibility index (Phi) is 4.38. The van der Waals surface area contributed by atoms with Crippen molar-refractivity contribution in [1.82, 2.24) is 5.01 Å². The number of nitrogens with zero attached hydrogens (tertiary/aromatic N) is 4. The second kappa shape index (κ2) is 6.88. The third kappa shape index (κ3) is 2.92. The number of rotatable bonds is 4. The van der Waals surface area contributed by atoms with Gasteiger partial charge in [-0.1, -0.05) is 41.6 Å². The predicted molar refractivity (Wildman–Crippen MR) is 103 cm³/mol. The Hall–Kier alpha value is -3.55. The summed E-state index contributed by atoms with van der Waals surface area (Å²) in [6, 6.07) is 12.6. The zero-order valence-corrected chi connectivity index (χ0v) is 15.5. The molecular weight excluding hydrogens is 358 g/mol. The van der Waals surface area contributed by atoms with Gasteiger partial charge >= 0.3 is 0 Å². The summed E-state index contributed by atoms with van der Waals surface area (Å²) in [5.74, 6) is -1.18. The Labute approximate surface area is 161 Å². The van der Waals surface area contributed by atoms with Crippen molar-refractivity contribution in [1.29, 1.82) is 0 Å². The summed E-state index contributed by atoms with van der Waals surface area (Å²) < 4.78 is 0. The minimum Gasteiger partial charge on any atom is -0.324 e. The molecule has 0 spiro atoms. The fourth-order valence-corrected chi connectivity index (χ4v) is 3.52. The van der Waals surface area contributed by atoms with E-state index in [4.69, 9.17) is 0 Å². The molecule has 0 bridgehead atoms. The zero-order valence-electron chi connectivity index (χ0n) is 15.5. The van der Waals surface area contributed by atoms with Gasteiger partial charge < -0.3 is 5.32 Å². The van der Waals surface area contributed by atoms with Crippen molar-refractivity contribution in [3.05, 3.63) is 59.7 Å². The van der Waals surface area contributed by atoms with Gasteiger partial charge in [-0.3, -0.25) is 19.4 Å². The van der Waals surface area contributed by atoms with Crippen molar-refractivity contribution in [2.45, 2.75) is 25.9 Å². The van der Waals surface area contributed by atoms with Gasteiger partial charge in [0.25, 0.3) is 11.8 Å². The molecule has 142 valence electrons.